The third-order valence-electron chi connectivity index (χ3n) is 20.0. The first-order valence-electron chi connectivity index (χ1n) is 36.3. The number of carboxylic acid groups (broad SMARTS) is 2. The van der Waals surface area contributed by atoms with E-state index >= 15 is 14.4 Å². The number of carbonyl (C=O) groups excluding carboxylic acids is 7. The first kappa shape index (κ1) is 85.7. The molecule has 5 aromatic carbocycles. The number of ether oxygens (including phenoxy) is 7. The minimum Gasteiger partial charge on any atom is -0.508 e. The maximum atomic E-state index is 16.2. The maximum Gasteiger partial charge on any atom is 0.334 e. The fourth-order valence-corrected chi connectivity index (χ4v) is 14.4. The number of halogens is 2. The number of benzene rings is 5. The summed E-state index contributed by atoms with van der Waals surface area (Å²) in [6, 6.07) is -1.03. The number of phenolic OH excluding ortho intramolecular Hbond substituents is 3. The van der Waals surface area contributed by atoms with Crippen LogP contribution in [0.3, 0.4) is 0 Å². The highest BCUT2D eigenvalue weighted by Crippen LogP contribution is 2.50. The largest absolute Gasteiger partial charge is 0.508 e. The molecular weight excluding hydrogens is 1530 g/mol. The van der Waals surface area contributed by atoms with Crippen LogP contribution in [0.5, 0.6) is 46.0 Å². The van der Waals surface area contributed by atoms with Gasteiger partial charge in [0.15, 0.2) is 36.0 Å². The van der Waals surface area contributed by atoms with Crippen LogP contribution in [-0.4, -0.2) is 221 Å². The van der Waals surface area contributed by atoms with Gasteiger partial charge in [0.05, 0.1) is 41.3 Å². The summed E-state index contributed by atoms with van der Waals surface area (Å²) in [7, 11) is 1.47. The van der Waals surface area contributed by atoms with Crippen molar-refractivity contribution in [2.75, 3.05) is 26.8 Å². The predicted molar refractivity (Wildman–Crippen MR) is 395 cm³/mol. The number of fused-ring (bicyclic) bond motifs is 15. The van der Waals surface area contributed by atoms with Crippen molar-refractivity contribution >= 4 is 76.5 Å². The molecule has 113 heavy (non-hydrogen) atoms. The van der Waals surface area contributed by atoms with Gasteiger partial charge < -0.3 is 138 Å². The number of amides is 7. The van der Waals surface area contributed by atoms with Gasteiger partial charge in [-0.15, -0.1) is 0 Å². The van der Waals surface area contributed by atoms with E-state index in [9.17, 15) is 84.9 Å². The second kappa shape index (κ2) is 36.6. The second-order valence-electron chi connectivity index (χ2n) is 28.8. The van der Waals surface area contributed by atoms with Gasteiger partial charge in [0.2, 0.25) is 53.4 Å². The molecule has 36 nitrogen and oxygen atoms in total. The normalized spacial score (nSPS) is 27.8. The molecule has 5 aromatic rings. The first-order chi connectivity index (χ1) is 53.5. The molecule has 0 aromatic heterocycles. The van der Waals surface area contributed by atoms with Crippen molar-refractivity contribution in [1.82, 2.24) is 42.5 Å². The average Bonchev–Trinajstić information content (AvgIpc) is 0.766. The lowest BCUT2D eigenvalue weighted by Crippen LogP contribution is -2.66. The molecule has 612 valence electrons. The topological polar surface area (TPSA) is 563 Å². The lowest BCUT2D eigenvalue weighted by atomic mass is 9.84. The van der Waals surface area contributed by atoms with Gasteiger partial charge in [0.1, 0.15) is 89.5 Å². The van der Waals surface area contributed by atoms with Crippen LogP contribution < -0.4 is 62.5 Å². The van der Waals surface area contributed by atoms with E-state index in [-0.39, 0.29) is 54.4 Å². The van der Waals surface area contributed by atoms with Crippen molar-refractivity contribution in [2.45, 2.75) is 195 Å². The molecule has 7 aliphatic heterocycles. The lowest BCUT2D eigenvalue weighted by Gasteiger charge is -2.48. The number of hydrogen-bond donors (Lipinski definition) is 20. The average molecular weight is 1620 g/mol. The second-order valence-corrected chi connectivity index (χ2v) is 29.6. The first-order valence-corrected chi connectivity index (χ1v) is 37.0. The standard InChI is InChI=1S/C75H91Cl2N9O27/c1-7-8-9-10-17-107-49(72(103)104)28-80-75(5)27-52(108-31(4)65(75)96)112-64-62(95)61(94)50(29-87)111-74(64)113-63-47-22-35-23-48(63)110-46-16-13-34(21-40(46)77)60(93)58-71(102)84-56(73(105)106)38-24-36(88)25-44(90)53(38)37-19-32(11-14-43(37)89)54(68(99)86-58)83-69(100)55(35)82-67(98)42(26-51(78)91)81-70(101)57(85-66(97)41(79-6)18-30(2)3)59(92)33-12-15-45(109-47)39(76)20-33/h11-16,19-25,30-31,41-42,49-50,52,54-62,64-65,74,79-80,87-90,92-96H,7-10,17-18,26-29H2,1-6H3,(H2,78,91)(H,81,101)(H,82,98)(H,83,100)(H,84,102)(H,85,97)(H,86,99)(H,103,104)(H,105,106)/t31?,41-,42?,49?,50?,52?,54?,55?,56?,57+,58+,59?,60-,61?,62?,64?,65?,74?,75?/m1/s1. The monoisotopic (exact) mass is 1620 g/mol. The Morgan fingerprint density at radius 3 is 1.94 bits per heavy atom. The molecule has 12 rings (SSSR count). The molecule has 2 saturated heterocycles. The van der Waals surface area contributed by atoms with Crippen LogP contribution >= 0.6 is 23.2 Å². The zero-order chi connectivity index (χ0) is 82.4. The van der Waals surface area contributed by atoms with E-state index in [0.29, 0.717) is 6.42 Å². The van der Waals surface area contributed by atoms with Gasteiger partial charge in [-0.3, -0.25) is 33.6 Å². The number of unbranched alkanes of at least 4 members (excludes halogenated alkanes) is 3. The van der Waals surface area contributed by atoms with Gasteiger partial charge in [-0.25, -0.2) is 9.59 Å². The van der Waals surface area contributed by atoms with Gasteiger partial charge in [0.25, 0.3) is 0 Å². The van der Waals surface area contributed by atoms with E-state index in [2.05, 4.69) is 42.5 Å². The highest BCUT2D eigenvalue weighted by atomic mass is 35.5. The summed E-state index contributed by atoms with van der Waals surface area (Å²) < 4.78 is 44.8. The predicted octanol–water partition coefficient (Wildman–Crippen LogP) is 1.79. The number of nitrogens with one attached hydrogen (secondary N) is 8. The Bertz CT molecular complexity index is 4410. The van der Waals surface area contributed by atoms with Crippen LogP contribution in [0.2, 0.25) is 10.0 Å². The number of carbonyl (C=O) groups is 9. The summed E-state index contributed by atoms with van der Waals surface area (Å²) in [5.74, 6) is -17.7. The van der Waals surface area contributed by atoms with E-state index in [1.54, 1.807) is 6.92 Å². The van der Waals surface area contributed by atoms with Crippen LogP contribution in [0.15, 0.2) is 78.9 Å². The molecule has 2 fully saturated rings. The Morgan fingerprint density at radius 2 is 1.34 bits per heavy atom. The Morgan fingerprint density at radius 1 is 0.708 bits per heavy atom. The molecule has 38 heteroatoms. The third kappa shape index (κ3) is 19.5. The van der Waals surface area contributed by atoms with E-state index in [1.165, 1.54) is 26.1 Å². The SMILES string of the molecule is CCCCCCOC(CNC1(C)CC(OC2C(Oc3c4cc5cc3Oc3ccc(cc3Cl)[C@@H](O)[C@@H]3NC(=O)C(NC(=O)C5NC(=O)C(CC(N)=O)NC(=O)[C@@H](NC(=O)[C@@H](CC(C)C)NC)C(O)c5ccc(c(Cl)c5)O4)c4ccc(O)c(c4)-c4c(O)cc(O)cc4C(C(=O)O)NC3=O)OC(CO)C(O)C2O)OC(C)C1O)C(=O)O. The van der Waals surface area contributed by atoms with E-state index in [1.807, 2.05) is 20.8 Å². The van der Waals surface area contributed by atoms with Crippen molar-refractivity contribution in [3.63, 3.8) is 0 Å². The third-order valence-corrected chi connectivity index (χ3v) is 20.6. The highest BCUT2D eigenvalue weighted by Gasteiger charge is 2.53. The number of primary amides is 1. The lowest BCUT2D eigenvalue weighted by molar-refractivity contribution is -0.334. The minimum absolute atomic E-state index is 0.116. The van der Waals surface area contributed by atoms with Crippen molar-refractivity contribution in [3.05, 3.63) is 117 Å². The van der Waals surface area contributed by atoms with E-state index in [4.69, 9.17) is 62.1 Å². The number of carboxylic acids is 2. The Balaban J connectivity index is 1.20. The number of phenols is 3. The summed E-state index contributed by atoms with van der Waals surface area (Å²) in [6.45, 7) is 7.41. The van der Waals surface area contributed by atoms with Crippen molar-refractivity contribution in [1.29, 1.82) is 0 Å². The maximum absolute atomic E-state index is 16.2. The van der Waals surface area contributed by atoms with Crippen molar-refractivity contribution in [2.24, 2.45) is 11.7 Å². The number of nitrogens with two attached hydrogens (primary N) is 1. The molecule has 15 unspecified atom stereocenters. The number of hydrogen-bond acceptors (Lipinski definition) is 27. The van der Waals surface area contributed by atoms with Crippen molar-refractivity contribution in [3.8, 4) is 57.1 Å². The van der Waals surface area contributed by atoms with Crippen LogP contribution in [0.1, 0.15) is 138 Å². The molecule has 0 spiro atoms. The van der Waals surface area contributed by atoms with E-state index < -0.39 is 254 Å². The summed E-state index contributed by atoms with van der Waals surface area (Å²) in [5, 5.41) is 146. The highest BCUT2D eigenvalue weighted by molar-refractivity contribution is 6.32. The van der Waals surface area contributed by atoms with Crippen LogP contribution in [0, 0.1) is 5.92 Å². The smallest absolute Gasteiger partial charge is 0.334 e. The molecule has 7 aliphatic rings. The summed E-state index contributed by atoms with van der Waals surface area (Å²) >= 11 is 14.2. The zero-order valence-corrected chi connectivity index (χ0v) is 63.3. The van der Waals surface area contributed by atoms with Crippen LogP contribution in [0.4, 0.5) is 0 Å². The van der Waals surface area contributed by atoms with Gasteiger partial charge in [0, 0.05) is 47.9 Å². The molecule has 0 radical (unpaired) electrons. The number of likely N-dealkylation sites (N-methyl/N-ethyl adjacent to an activating group) is 1. The fraction of sp³-hybridized carbons (Fsp3) is 0.480. The van der Waals surface area contributed by atoms with E-state index in [0.717, 1.165) is 86.0 Å². The summed E-state index contributed by atoms with van der Waals surface area (Å²) in [5.41, 5.74) is 1.32. The van der Waals surface area contributed by atoms with Gasteiger partial charge in [-0.2, -0.15) is 0 Å². The summed E-state index contributed by atoms with van der Waals surface area (Å²) in [4.78, 5) is 130. The Labute approximate surface area is 655 Å². The number of aliphatic carboxylic acids is 2. The number of aliphatic hydroxyl groups is 6. The van der Waals surface area contributed by atoms with Gasteiger partial charge in [-0.1, -0.05) is 81.4 Å². The summed E-state index contributed by atoms with van der Waals surface area (Å²) in [6.07, 6.45) is -17.8. The minimum atomic E-state index is -2.39. The number of rotatable bonds is 23. The number of aromatic hydroxyl groups is 3. The van der Waals surface area contributed by atoms with Gasteiger partial charge in [-0.05, 0) is 117 Å². The van der Waals surface area contributed by atoms with Crippen LogP contribution in [-0.2, 0) is 62.1 Å². The fourth-order valence-electron chi connectivity index (χ4n) is 13.9. The number of aliphatic hydroxyl groups excluding tert-OH is 6. The molecule has 11 bridgehead atoms. The molecule has 7 heterocycles. The molecule has 7 amide bonds. The molecular formula is C75H91Cl2N9O27. The van der Waals surface area contributed by atoms with Crippen molar-refractivity contribution < 1.29 is 132 Å². The molecule has 0 saturated carbocycles. The quantitative estimate of drug-likeness (QED) is 0.0414. The zero-order valence-electron chi connectivity index (χ0n) is 61.8. The Hall–Kier alpha value is -9.77. The van der Waals surface area contributed by atoms with Crippen LogP contribution in [0.25, 0.3) is 11.1 Å². The molecule has 19 atom stereocenters. The molecule has 21 N–H and O–H groups in total. The molecule has 0 aliphatic carbocycles. The Kier molecular flexibility index (Phi) is 27.7. The van der Waals surface area contributed by atoms with Gasteiger partial charge >= 0.3 is 11.9 Å².